The lowest BCUT2D eigenvalue weighted by molar-refractivity contribution is -0.145. The molecule has 0 aliphatic heterocycles. The van der Waals surface area contributed by atoms with E-state index in [1.165, 1.54) is 6.20 Å². The first-order chi connectivity index (χ1) is 6.38. The van der Waals surface area contributed by atoms with Crippen molar-refractivity contribution in [2.75, 3.05) is 0 Å². The van der Waals surface area contributed by atoms with Crippen LogP contribution in [-0.2, 0) is 12.7 Å². The van der Waals surface area contributed by atoms with Gasteiger partial charge in [-0.2, -0.15) is 18.3 Å². The van der Waals surface area contributed by atoms with Crippen molar-refractivity contribution in [1.82, 2.24) is 9.78 Å². The minimum absolute atomic E-state index is 0.0335. The summed E-state index contributed by atoms with van der Waals surface area (Å²) >= 11 is 0. The fourth-order valence-corrected chi connectivity index (χ4v) is 1.25. The summed E-state index contributed by atoms with van der Waals surface area (Å²) in [5.74, 6) is 0. The van der Waals surface area contributed by atoms with Gasteiger partial charge in [-0.15, -0.1) is 0 Å². The summed E-state index contributed by atoms with van der Waals surface area (Å²) in [6.07, 6.45) is -3.22. The van der Waals surface area contributed by atoms with Gasteiger partial charge in [0.1, 0.15) is 5.69 Å². The Balaban J connectivity index is 3.27. The standard InChI is InChI=1S/C8H12F3N3/c1-5(2)14-7(8(9,10)11)6(3-12)4-13-14/h4-5H,3,12H2,1-2H3. The van der Waals surface area contributed by atoms with Crippen LogP contribution in [0.3, 0.4) is 0 Å². The lowest BCUT2D eigenvalue weighted by Gasteiger charge is -2.14. The van der Waals surface area contributed by atoms with Crippen LogP contribution >= 0.6 is 0 Å². The summed E-state index contributed by atoms with van der Waals surface area (Å²) in [5.41, 5.74) is 4.50. The van der Waals surface area contributed by atoms with E-state index in [2.05, 4.69) is 5.10 Å². The van der Waals surface area contributed by atoms with Gasteiger partial charge in [0.2, 0.25) is 0 Å². The summed E-state index contributed by atoms with van der Waals surface area (Å²) in [7, 11) is 0. The maximum absolute atomic E-state index is 12.6. The third kappa shape index (κ3) is 1.89. The average molecular weight is 207 g/mol. The highest BCUT2D eigenvalue weighted by Gasteiger charge is 2.38. The van der Waals surface area contributed by atoms with Gasteiger partial charge >= 0.3 is 6.18 Å². The van der Waals surface area contributed by atoms with E-state index in [0.717, 1.165) is 4.68 Å². The number of hydrogen-bond donors (Lipinski definition) is 1. The highest BCUT2D eigenvalue weighted by Crippen LogP contribution is 2.33. The molecule has 0 aliphatic rings. The molecule has 2 N–H and O–H groups in total. The minimum atomic E-state index is -4.39. The Hall–Kier alpha value is -1.04. The molecule has 0 amide bonds. The molecule has 0 atom stereocenters. The lowest BCUT2D eigenvalue weighted by Crippen LogP contribution is -2.18. The van der Waals surface area contributed by atoms with Gasteiger partial charge in [-0.1, -0.05) is 0 Å². The zero-order chi connectivity index (χ0) is 10.9. The second kappa shape index (κ2) is 3.61. The third-order valence-corrected chi connectivity index (χ3v) is 1.85. The Morgan fingerprint density at radius 2 is 2.07 bits per heavy atom. The highest BCUT2D eigenvalue weighted by atomic mass is 19.4. The van der Waals surface area contributed by atoms with Crippen molar-refractivity contribution in [1.29, 1.82) is 0 Å². The van der Waals surface area contributed by atoms with E-state index < -0.39 is 11.9 Å². The SMILES string of the molecule is CC(C)n1ncc(CN)c1C(F)(F)F. The molecule has 1 aromatic rings. The van der Waals surface area contributed by atoms with Gasteiger partial charge in [0, 0.05) is 18.2 Å². The maximum Gasteiger partial charge on any atom is 0.433 e. The first-order valence-electron chi connectivity index (χ1n) is 4.21. The molecule has 3 nitrogen and oxygen atoms in total. The largest absolute Gasteiger partial charge is 0.433 e. The zero-order valence-corrected chi connectivity index (χ0v) is 7.97. The van der Waals surface area contributed by atoms with Gasteiger partial charge in [-0.3, -0.25) is 4.68 Å². The molecule has 0 radical (unpaired) electrons. The number of nitrogens with two attached hydrogens (primary N) is 1. The van der Waals surface area contributed by atoms with E-state index in [1.807, 2.05) is 0 Å². The molecule has 0 spiro atoms. The topological polar surface area (TPSA) is 43.8 Å². The van der Waals surface area contributed by atoms with Crippen LogP contribution in [0.1, 0.15) is 31.1 Å². The molecule has 1 aromatic heterocycles. The monoisotopic (exact) mass is 207 g/mol. The van der Waals surface area contributed by atoms with Gasteiger partial charge in [0.05, 0.1) is 6.20 Å². The van der Waals surface area contributed by atoms with E-state index in [4.69, 9.17) is 5.73 Å². The Kier molecular flexibility index (Phi) is 2.84. The molecule has 1 rings (SSSR count). The van der Waals surface area contributed by atoms with Gasteiger partial charge < -0.3 is 5.73 Å². The van der Waals surface area contributed by atoms with E-state index in [9.17, 15) is 13.2 Å². The number of halogens is 3. The molecule has 80 valence electrons. The number of nitrogens with zero attached hydrogens (tertiary/aromatic N) is 2. The quantitative estimate of drug-likeness (QED) is 0.805. The number of rotatable bonds is 2. The predicted octanol–water partition coefficient (Wildman–Crippen LogP) is 1.94. The Bertz CT molecular complexity index is 314. The third-order valence-electron chi connectivity index (χ3n) is 1.85. The van der Waals surface area contributed by atoms with Gasteiger partial charge in [-0.05, 0) is 13.8 Å². The Morgan fingerprint density at radius 3 is 2.43 bits per heavy atom. The van der Waals surface area contributed by atoms with Crippen molar-refractivity contribution < 1.29 is 13.2 Å². The fraction of sp³-hybridized carbons (Fsp3) is 0.625. The van der Waals surface area contributed by atoms with E-state index >= 15 is 0 Å². The molecule has 0 aromatic carbocycles. The van der Waals surface area contributed by atoms with Crippen LogP contribution in [0.2, 0.25) is 0 Å². The summed E-state index contributed by atoms with van der Waals surface area (Å²) in [6, 6.07) is -0.327. The highest BCUT2D eigenvalue weighted by molar-refractivity contribution is 5.21. The van der Waals surface area contributed by atoms with Gasteiger partial charge in [-0.25, -0.2) is 0 Å². The molecule has 1 heterocycles. The van der Waals surface area contributed by atoms with Crippen LogP contribution in [0, 0.1) is 0 Å². The second-order valence-corrected chi connectivity index (χ2v) is 3.26. The molecule has 0 bridgehead atoms. The first kappa shape index (κ1) is 11.0. The smallest absolute Gasteiger partial charge is 0.326 e. The molecular formula is C8H12F3N3. The molecule has 14 heavy (non-hydrogen) atoms. The van der Waals surface area contributed by atoms with Crippen LogP contribution in [0.5, 0.6) is 0 Å². The van der Waals surface area contributed by atoms with Gasteiger partial charge in [0.25, 0.3) is 0 Å². The van der Waals surface area contributed by atoms with Crippen LogP contribution < -0.4 is 5.73 Å². The predicted molar refractivity (Wildman–Crippen MR) is 45.5 cm³/mol. The van der Waals surface area contributed by atoms with Crippen LogP contribution in [0.4, 0.5) is 13.2 Å². The number of hydrogen-bond acceptors (Lipinski definition) is 2. The van der Waals surface area contributed by atoms with Crippen LogP contribution in [-0.4, -0.2) is 9.78 Å². The lowest BCUT2D eigenvalue weighted by atomic mass is 10.2. The van der Waals surface area contributed by atoms with Crippen molar-refractivity contribution in [3.05, 3.63) is 17.5 Å². The van der Waals surface area contributed by atoms with E-state index in [0.29, 0.717) is 0 Å². The van der Waals surface area contributed by atoms with Crippen molar-refractivity contribution >= 4 is 0 Å². The Morgan fingerprint density at radius 1 is 1.50 bits per heavy atom. The number of aromatic nitrogens is 2. The molecule has 0 unspecified atom stereocenters. The Labute approximate surface area is 79.7 Å². The summed E-state index contributed by atoms with van der Waals surface area (Å²) < 4.78 is 38.7. The van der Waals surface area contributed by atoms with Crippen molar-refractivity contribution in [2.24, 2.45) is 5.73 Å². The van der Waals surface area contributed by atoms with Gasteiger partial charge in [0.15, 0.2) is 0 Å². The van der Waals surface area contributed by atoms with Crippen molar-refractivity contribution in [3.8, 4) is 0 Å². The fourth-order valence-electron chi connectivity index (χ4n) is 1.25. The first-order valence-corrected chi connectivity index (χ1v) is 4.21. The van der Waals surface area contributed by atoms with Crippen molar-refractivity contribution in [2.45, 2.75) is 32.6 Å². The summed E-state index contributed by atoms with van der Waals surface area (Å²) in [5, 5.41) is 3.67. The molecule has 0 saturated carbocycles. The van der Waals surface area contributed by atoms with Crippen molar-refractivity contribution in [3.63, 3.8) is 0 Å². The van der Waals surface area contributed by atoms with Crippen LogP contribution in [0.25, 0.3) is 0 Å². The zero-order valence-electron chi connectivity index (χ0n) is 7.97. The normalized spacial score (nSPS) is 12.5. The molecule has 0 fully saturated rings. The summed E-state index contributed by atoms with van der Waals surface area (Å²) in [4.78, 5) is 0. The molecule has 0 saturated heterocycles. The molecule has 6 heteroatoms. The van der Waals surface area contributed by atoms with Crippen LogP contribution in [0.15, 0.2) is 6.20 Å². The van der Waals surface area contributed by atoms with E-state index in [-0.39, 0.29) is 18.2 Å². The number of alkyl halides is 3. The van der Waals surface area contributed by atoms with E-state index in [1.54, 1.807) is 13.8 Å². The minimum Gasteiger partial charge on any atom is -0.326 e. The summed E-state index contributed by atoms with van der Waals surface area (Å²) in [6.45, 7) is 3.13. The molecule has 0 aliphatic carbocycles. The second-order valence-electron chi connectivity index (χ2n) is 3.26. The maximum atomic E-state index is 12.6. The average Bonchev–Trinajstić information content (AvgIpc) is 2.45. The molecular weight excluding hydrogens is 195 g/mol.